The average Bonchev–Trinajstić information content (AvgIpc) is 2.34. The van der Waals surface area contributed by atoms with Gasteiger partial charge in [0.25, 0.3) is 0 Å². The number of carboxylic acid groups (broad SMARTS) is 1. The Labute approximate surface area is 121 Å². The molecule has 4 radical (unpaired) electrons. The van der Waals surface area contributed by atoms with E-state index in [9.17, 15) is 4.79 Å². The molecule has 0 aromatic heterocycles. The molecule has 0 amide bonds. The molecule has 0 aliphatic heterocycles. The molecular weight excluding hydrogens is 236 g/mol. The highest BCUT2D eigenvalue weighted by Crippen LogP contribution is 2.12. The molecule has 2 nitrogen and oxygen atoms in total. The molecule has 0 rings (SSSR count). The summed E-state index contributed by atoms with van der Waals surface area (Å²) in [6.07, 6.45) is 17.3. The smallest absolute Gasteiger partial charge is 0.303 e. The van der Waals surface area contributed by atoms with Crippen LogP contribution in [0, 0.1) is 7.43 Å². The number of unbranched alkanes of at least 4 members (excludes halogenated alkanes) is 12. The number of carboxylic acids is 1. The van der Waals surface area contributed by atoms with Crippen molar-refractivity contribution in [2.45, 2.75) is 96.8 Å². The minimum Gasteiger partial charge on any atom is -0.481 e. The van der Waals surface area contributed by atoms with Crippen molar-refractivity contribution in [3.63, 3.8) is 0 Å². The number of aliphatic carboxylic acids is 1. The van der Waals surface area contributed by atoms with Crippen molar-refractivity contribution in [3.05, 3.63) is 7.43 Å². The monoisotopic (exact) mass is 268 g/mol. The molecule has 0 atom stereocenters. The summed E-state index contributed by atoms with van der Waals surface area (Å²) in [7, 11) is 0. The summed E-state index contributed by atoms with van der Waals surface area (Å²) < 4.78 is 0. The lowest BCUT2D eigenvalue weighted by Crippen LogP contribution is -1.93. The maximum Gasteiger partial charge on any atom is 0.303 e. The highest BCUT2D eigenvalue weighted by atomic mass is 16.4. The normalized spacial score (nSPS) is 10.2. The number of carbonyl (C=O) groups is 1. The zero-order valence-electron chi connectivity index (χ0n) is 12.8. The topological polar surface area (TPSA) is 37.3 Å². The van der Waals surface area contributed by atoms with Crippen molar-refractivity contribution in [1.82, 2.24) is 0 Å². The first-order chi connectivity index (χ1) is 8.77. The van der Waals surface area contributed by atoms with Gasteiger partial charge in [0.2, 0.25) is 0 Å². The van der Waals surface area contributed by atoms with E-state index in [0.717, 1.165) is 12.8 Å². The van der Waals surface area contributed by atoms with E-state index >= 15 is 0 Å². The second kappa shape index (κ2) is 17.5. The van der Waals surface area contributed by atoms with E-state index in [1.807, 2.05) is 0 Å². The van der Waals surface area contributed by atoms with E-state index in [1.54, 1.807) is 0 Å². The van der Waals surface area contributed by atoms with Gasteiger partial charge in [-0.05, 0) is 6.42 Å². The second-order valence-electron chi connectivity index (χ2n) is 5.39. The molecule has 0 aromatic carbocycles. The average molecular weight is 268 g/mol. The highest BCUT2D eigenvalue weighted by Gasteiger charge is 1.96. The van der Waals surface area contributed by atoms with Gasteiger partial charge in [-0.1, -0.05) is 84.0 Å². The number of rotatable bonds is 14. The minimum absolute atomic E-state index is 0. The fraction of sp³-hybridized carbons (Fsp3) is 0.882. The molecule has 1 N–H and O–H groups in total. The van der Waals surface area contributed by atoms with Gasteiger partial charge in [-0.15, -0.1) is 0 Å². The zero-order valence-corrected chi connectivity index (χ0v) is 12.8. The third-order valence-corrected chi connectivity index (χ3v) is 3.49. The van der Waals surface area contributed by atoms with Gasteiger partial charge >= 0.3 is 5.97 Å². The Morgan fingerprint density at radius 2 is 1.00 bits per heavy atom. The molecule has 0 spiro atoms. The van der Waals surface area contributed by atoms with Crippen molar-refractivity contribution in [3.8, 4) is 0 Å². The molecule has 0 aromatic rings. The molecule has 0 saturated heterocycles. The van der Waals surface area contributed by atoms with Crippen LogP contribution in [0.15, 0.2) is 0 Å². The Kier molecular flexibility index (Phi) is 19.1. The Balaban J connectivity index is 0. The van der Waals surface area contributed by atoms with Crippen molar-refractivity contribution in [2.75, 3.05) is 0 Å². The molecule has 0 bridgehead atoms. The van der Waals surface area contributed by atoms with Crippen LogP contribution in [0.2, 0.25) is 0 Å². The second-order valence-corrected chi connectivity index (χ2v) is 5.39. The SMILES string of the molecule is CCCCCCCCCCCCCCCC(=O)O.[C]. The first-order valence-electron chi connectivity index (χ1n) is 7.99. The van der Waals surface area contributed by atoms with Crippen LogP contribution in [0.1, 0.15) is 96.8 Å². The summed E-state index contributed by atoms with van der Waals surface area (Å²) >= 11 is 0. The van der Waals surface area contributed by atoms with E-state index in [2.05, 4.69) is 6.92 Å². The maximum absolute atomic E-state index is 10.3. The molecule has 2 heteroatoms. The van der Waals surface area contributed by atoms with Crippen LogP contribution in [0.4, 0.5) is 0 Å². The fourth-order valence-electron chi connectivity index (χ4n) is 2.29. The molecule has 0 heterocycles. The van der Waals surface area contributed by atoms with Gasteiger partial charge in [0.1, 0.15) is 0 Å². The van der Waals surface area contributed by atoms with Crippen LogP contribution >= 0.6 is 0 Å². The third-order valence-electron chi connectivity index (χ3n) is 3.49. The van der Waals surface area contributed by atoms with Crippen LogP contribution < -0.4 is 0 Å². The fourth-order valence-corrected chi connectivity index (χ4v) is 2.29. The van der Waals surface area contributed by atoms with Gasteiger partial charge in [0.05, 0.1) is 0 Å². The van der Waals surface area contributed by atoms with Gasteiger partial charge in [-0.25, -0.2) is 0 Å². The predicted molar refractivity (Wildman–Crippen MR) is 81.2 cm³/mol. The summed E-state index contributed by atoms with van der Waals surface area (Å²) in [6.45, 7) is 2.26. The van der Waals surface area contributed by atoms with Gasteiger partial charge in [-0.2, -0.15) is 0 Å². The van der Waals surface area contributed by atoms with Crippen LogP contribution in [0.5, 0.6) is 0 Å². The zero-order chi connectivity index (χ0) is 13.5. The van der Waals surface area contributed by atoms with Crippen LogP contribution in [0.3, 0.4) is 0 Å². The van der Waals surface area contributed by atoms with E-state index < -0.39 is 5.97 Å². The van der Waals surface area contributed by atoms with Crippen molar-refractivity contribution in [1.29, 1.82) is 0 Å². The molecule has 19 heavy (non-hydrogen) atoms. The van der Waals surface area contributed by atoms with Gasteiger partial charge in [0.15, 0.2) is 0 Å². The molecule has 0 aliphatic carbocycles. The van der Waals surface area contributed by atoms with E-state index in [4.69, 9.17) is 5.11 Å². The van der Waals surface area contributed by atoms with Crippen molar-refractivity contribution in [2.24, 2.45) is 0 Å². The Morgan fingerprint density at radius 3 is 1.32 bits per heavy atom. The first kappa shape index (κ1) is 20.8. The summed E-state index contributed by atoms with van der Waals surface area (Å²) in [4.78, 5) is 10.3. The predicted octanol–water partition coefficient (Wildman–Crippen LogP) is 5.63. The van der Waals surface area contributed by atoms with Crippen molar-refractivity contribution >= 4 is 5.97 Å². The number of hydrogen-bond acceptors (Lipinski definition) is 1. The summed E-state index contributed by atoms with van der Waals surface area (Å²) in [5.41, 5.74) is 0. The molecule has 0 aliphatic rings. The first-order valence-corrected chi connectivity index (χ1v) is 7.99. The lowest BCUT2D eigenvalue weighted by atomic mass is 10.0. The highest BCUT2D eigenvalue weighted by molar-refractivity contribution is 5.66. The maximum atomic E-state index is 10.3. The quantitative estimate of drug-likeness (QED) is 0.414. The van der Waals surface area contributed by atoms with Crippen molar-refractivity contribution < 1.29 is 9.90 Å². The molecule has 0 unspecified atom stereocenters. The number of hydrogen-bond donors (Lipinski definition) is 1. The van der Waals surface area contributed by atoms with Gasteiger partial charge in [-0.3, -0.25) is 4.79 Å². The van der Waals surface area contributed by atoms with Gasteiger partial charge in [0, 0.05) is 13.8 Å². The third kappa shape index (κ3) is 20.0. The molecular formula is C17H32O2. The minimum atomic E-state index is -0.655. The van der Waals surface area contributed by atoms with Gasteiger partial charge < -0.3 is 5.11 Å². The van der Waals surface area contributed by atoms with Crippen LogP contribution in [-0.4, -0.2) is 11.1 Å². The van der Waals surface area contributed by atoms with Crippen LogP contribution in [0.25, 0.3) is 0 Å². The largest absolute Gasteiger partial charge is 0.481 e. The standard InChI is InChI=1S/C16H32O2.C/c1-2-3-4-5-6-7-8-9-10-11-12-13-14-15-16(17)18;/h2-15H2,1H3,(H,17,18);. The summed E-state index contributed by atoms with van der Waals surface area (Å²) in [6, 6.07) is 0. The van der Waals surface area contributed by atoms with E-state index in [1.165, 1.54) is 70.6 Å². The lowest BCUT2D eigenvalue weighted by Gasteiger charge is -2.02. The Hall–Kier alpha value is -0.530. The summed E-state index contributed by atoms with van der Waals surface area (Å²) in [5, 5.41) is 8.49. The molecule has 0 saturated carbocycles. The Bertz CT molecular complexity index is 178. The van der Waals surface area contributed by atoms with Crippen LogP contribution in [-0.2, 0) is 4.79 Å². The Morgan fingerprint density at radius 1 is 0.684 bits per heavy atom. The summed E-state index contributed by atoms with van der Waals surface area (Å²) in [5.74, 6) is -0.655. The van der Waals surface area contributed by atoms with E-state index in [0.29, 0.717) is 6.42 Å². The molecule has 112 valence electrons. The lowest BCUT2D eigenvalue weighted by molar-refractivity contribution is -0.137. The van der Waals surface area contributed by atoms with E-state index in [-0.39, 0.29) is 7.43 Å². The molecule has 0 fully saturated rings.